The molecule has 0 aliphatic heterocycles. The van der Waals surface area contributed by atoms with E-state index >= 15 is 0 Å². The van der Waals surface area contributed by atoms with Crippen molar-refractivity contribution in [3.8, 4) is 0 Å². The van der Waals surface area contributed by atoms with Crippen molar-refractivity contribution in [2.45, 2.75) is 13.5 Å². The van der Waals surface area contributed by atoms with Gasteiger partial charge in [-0.2, -0.15) is 0 Å². The molecule has 0 heterocycles. The van der Waals surface area contributed by atoms with Gasteiger partial charge in [-0.25, -0.2) is 0 Å². The first kappa shape index (κ1) is 7.79. The molecule has 2 heteroatoms. The van der Waals surface area contributed by atoms with Crippen molar-refractivity contribution in [2.75, 3.05) is 0 Å². The number of nitrogens with zero attached hydrogens (tertiary/aromatic N) is 1. The summed E-state index contributed by atoms with van der Waals surface area (Å²) in [5.74, 6) is 0. The number of benzene rings is 1. The number of hydrogen-bond donors (Lipinski definition) is 0. The zero-order chi connectivity index (χ0) is 8.10. The quantitative estimate of drug-likeness (QED) is 0.474. The predicted molar refractivity (Wildman–Crippen MR) is 44.5 cm³/mol. The minimum Gasteiger partial charge on any atom is -0.391 e. The highest BCUT2D eigenvalue weighted by atomic mass is 16.6. The second-order valence-electron chi connectivity index (χ2n) is 2.31. The molecule has 0 unspecified atom stereocenters. The van der Waals surface area contributed by atoms with Gasteiger partial charge >= 0.3 is 0 Å². The number of rotatable bonds is 3. The van der Waals surface area contributed by atoms with Crippen molar-refractivity contribution in [1.82, 2.24) is 0 Å². The van der Waals surface area contributed by atoms with Gasteiger partial charge in [0.1, 0.15) is 6.61 Å². The van der Waals surface area contributed by atoms with E-state index in [0.29, 0.717) is 6.61 Å². The van der Waals surface area contributed by atoms with E-state index in [2.05, 4.69) is 5.16 Å². The molecule has 11 heavy (non-hydrogen) atoms. The van der Waals surface area contributed by atoms with Gasteiger partial charge in [0.05, 0.1) is 6.72 Å². The highest BCUT2D eigenvalue weighted by Crippen LogP contribution is 2.07. The van der Waals surface area contributed by atoms with E-state index in [4.69, 9.17) is 11.6 Å². The smallest absolute Gasteiger partial charge is 0.142 e. The van der Waals surface area contributed by atoms with Crippen LogP contribution in [-0.4, -0.2) is 6.72 Å². The SMILES string of the molecule is [CH]=NOCc1ccccc1C. The summed E-state index contributed by atoms with van der Waals surface area (Å²) >= 11 is 0. The van der Waals surface area contributed by atoms with Crippen LogP contribution in [0, 0.1) is 6.92 Å². The molecule has 1 aromatic rings. The fraction of sp³-hybridized carbons (Fsp3) is 0.222. The van der Waals surface area contributed by atoms with Crippen molar-refractivity contribution >= 4 is 6.72 Å². The van der Waals surface area contributed by atoms with E-state index < -0.39 is 0 Å². The van der Waals surface area contributed by atoms with E-state index in [1.165, 1.54) is 5.56 Å². The van der Waals surface area contributed by atoms with Gasteiger partial charge in [0, 0.05) is 0 Å². The number of aryl methyl sites for hydroxylation is 1. The summed E-state index contributed by atoms with van der Waals surface area (Å²) in [6.45, 7) is 7.30. The van der Waals surface area contributed by atoms with Gasteiger partial charge in [-0.1, -0.05) is 29.4 Å². The predicted octanol–water partition coefficient (Wildman–Crippen LogP) is 2.00. The van der Waals surface area contributed by atoms with Crippen LogP contribution in [0.1, 0.15) is 11.1 Å². The summed E-state index contributed by atoms with van der Waals surface area (Å²) in [6.07, 6.45) is 0. The van der Waals surface area contributed by atoms with Crippen LogP contribution in [0.5, 0.6) is 0 Å². The molecular weight excluding hydrogens is 138 g/mol. The van der Waals surface area contributed by atoms with E-state index in [1.807, 2.05) is 31.2 Å². The van der Waals surface area contributed by atoms with Crippen molar-refractivity contribution in [3.05, 3.63) is 35.4 Å². The highest BCUT2D eigenvalue weighted by molar-refractivity contribution is 5.25. The van der Waals surface area contributed by atoms with Crippen molar-refractivity contribution < 1.29 is 4.84 Å². The summed E-state index contributed by atoms with van der Waals surface area (Å²) in [6, 6.07) is 7.95. The maximum absolute atomic E-state index is 4.83. The molecule has 1 radical (unpaired) electrons. The zero-order valence-corrected chi connectivity index (χ0v) is 6.45. The standard InChI is InChI=1S/C9H10NO/c1-8-5-3-4-6-9(8)7-11-10-2/h2-6H,7H2,1H3. The second-order valence-corrected chi connectivity index (χ2v) is 2.31. The van der Waals surface area contributed by atoms with Gasteiger partial charge in [0.2, 0.25) is 0 Å². The first-order valence-corrected chi connectivity index (χ1v) is 3.41. The molecule has 1 rings (SSSR count). The first-order valence-electron chi connectivity index (χ1n) is 3.41. The van der Waals surface area contributed by atoms with Crippen molar-refractivity contribution in [1.29, 1.82) is 0 Å². The first-order chi connectivity index (χ1) is 5.34. The molecule has 0 atom stereocenters. The van der Waals surface area contributed by atoms with Gasteiger partial charge in [0.15, 0.2) is 0 Å². The summed E-state index contributed by atoms with van der Waals surface area (Å²) in [5.41, 5.74) is 2.30. The summed E-state index contributed by atoms with van der Waals surface area (Å²) < 4.78 is 0. The Morgan fingerprint density at radius 1 is 1.45 bits per heavy atom. The minimum absolute atomic E-state index is 0.448. The Hall–Kier alpha value is -1.31. The van der Waals surface area contributed by atoms with Crippen LogP contribution >= 0.6 is 0 Å². The maximum Gasteiger partial charge on any atom is 0.142 e. The lowest BCUT2D eigenvalue weighted by Crippen LogP contribution is -1.89. The molecule has 0 aliphatic carbocycles. The highest BCUT2D eigenvalue weighted by Gasteiger charge is 1.94. The average Bonchev–Trinajstić information content (AvgIpc) is 2.03. The third-order valence-electron chi connectivity index (χ3n) is 1.56. The van der Waals surface area contributed by atoms with Gasteiger partial charge in [-0.15, -0.1) is 0 Å². The monoisotopic (exact) mass is 148 g/mol. The topological polar surface area (TPSA) is 21.6 Å². The Balaban J connectivity index is 2.69. The van der Waals surface area contributed by atoms with Crippen molar-refractivity contribution in [3.63, 3.8) is 0 Å². The van der Waals surface area contributed by atoms with Crippen LogP contribution in [0.3, 0.4) is 0 Å². The van der Waals surface area contributed by atoms with Crippen LogP contribution in [0.2, 0.25) is 0 Å². The molecule has 0 aliphatic rings. The lowest BCUT2D eigenvalue weighted by Gasteiger charge is -2.01. The molecule has 0 saturated carbocycles. The van der Waals surface area contributed by atoms with Crippen LogP contribution < -0.4 is 0 Å². The maximum atomic E-state index is 4.83. The average molecular weight is 148 g/mol. The molecular formula is C9H10NO. The summed E-state index contributed by atoms with van der Waals surface area (Å²) in [4.78, 5) is 4.70. The largest absolute Gasteiger partial charge is 0.391 e. The molecule has 2 nitrogen and oxygen atoms in total. The van der Waals surface area contributed by atoms with Crippen LogP contribution in [-0.2, 0) is 11.4 Å². The van der Waals surface area contributed by atoms with Crippen LogP contribution in [0.4, 0.5) is 0 Å². The summed E-state index contributed by atoms with van der Waals surface area (Å²) in [7, 11) is 0. The van der Waals surface area contributed by atoms with E-state index in [9.17, 15) is 0 Å². The van der Waals surface area contributed by atoms with Gasteiger partial charge < -0.3 is 4.84 Å². The van der Waals surface area contributed by atoms with Gasteiger partial charge in [0.25, 0.3) is 0 Å². The molecule has 0 saturated heterocycles. The second kappa shape index (κ2) is 3.76. The van der Waals surface area contributed by atoms with E-state index in [1.54, 1.807) is 0 Å². The van der Waals surface area contributed by atoms with Gasteiger partial charge in [-0.05, 0) is 18.1 Å². The fourth-order valence-corrected chi connectivity index (χ4v) is 0.879. The minimum atomic E-state index is 0.448. The Labute approximate surface area is 66.5 Å². The lowest BCUT2D eigenvalue weighted by atomic mass is 10.1. The molecule has 0 amide bonds. The number of hydrogen-bond acceptors (Lipinski definition) is 2. The van der Waals surface area contributed by atoms with Crippen LogP contribution in [0.25, 0.3) is 0 Å². The van der Waals surface area contributed by atoms with Crippen molar-refractivity contribution in [2.24, 2.45) is 5.16 Å². The molecule has 0 bridgehead atoms. The molecule has 0 spiro atoms. The normalized spacial score (nSPS) is 9.18. The Kier molecular flexibility index (Phi) is 2.66. The van der Waals surface area contributed by atoms with E-state index in [-0.39, 0.29) is 0 Å². The molecule has 0 N–H and O–H groups in total. The summed E-state index contributed by atoms with van der Waals surface area (Å²) in [5, 5.41) is 3.07. The fourth-order valence-electron chi connectivity index (χ4n) is 0.879. The lowest BCUT2D eigenvalue weighted by molar-refractivity contribution is 0.133. The van der Waals surface area contributed by atoms with Crippen LogP contribution in [0.15, 0.2) is 29.4 Å². The molecule has 57 valence electrons. The van der Waals surface area contributed by atoms with Gasteiger partial charge in [-0.3, -0.25) is 0 Å². The molecule has 0 aromatic heterocycles. The third kappa shape index (κ3) is 2.08. The Morgan fingerprint density at radius 2 is 2.18 bits per heavy atom. The molecule has 1 aromatic carbocycles. The zero-order valence-electron chi connectivity index (χ0n) is 6.45. The third-order valence-corrected chi connectivity index (χ3v) is 1.56. The Morgan fingerprint density at radius 3 is 2.82 bits per heavy atom. The molecule has 0 fully saturated rings. The Bertz CT molecular complexity index is 245. The van der Waals surface area contributed by atoms with E-state index in [0.717, 1.165) is 5.56 Å².